The van der Waals surface area contributed by atoms with Crippen molar-refractivity contribution in [3.63, 3.8) is 0 Å². The van der Waals surface area contributed by atoms with Gasteiger partial charge < -0.3 is 4.90 Å². The summed E-state index contributed by atoms with van der Waals surface area (Å²) in [7, 11) is 1.74. The van der Waals surface area contributed by atoms with Crippen molar-refractivity contribution >= 4 is 12.2 Å². The lowest BCUT2D eigenvalue weighted by molar-refractivity contribution is -0.125. The van der Waals surface area contributed by atoms with Crippen molar-refractivity contribution in [3.8, 4) is 0 Å². The molecule has 0 bridgehead atoms. The van der Waals surface area contributed by atoms with Gasteiger partial charge in [0.05, 0.1) is 0 Å². The molecule has 0 fully saturated rings. The molecule has 0 saturated heterocycles. The summed E-state index contributed by atoms with van der Waals surface area (Å²) in [4.78, 5) is 22.7. The highest BCUT2D eigenvalue weighted by Gasteiger charge is 2.04. The van der Waals surface area contributed by atoms with Crippen LogP contribution in [0.15, 0.2) is 12.2 Å². The van der Waals surface area contributed by atoms with Gasteiger partial charge in [0.25, 0.3) is 0 Å². The van der Waals surface area contributed by atoms with Crippen LogP contribution in [0.5, 0.6) is 0 Å². The predicted octanol–water partition coefficient (Wildman–Crippen LogP) is 2.27. The largest absolute Gasteiger partial charge is 0.342 e. The fourth-order valence-electron chi connectivity index (χ4n) is 0.811. The average molecular weight is 213 g/mol. The number of carbonyl (C=O) groups is 2. The van der Waals surface area contributed by atoms with E-state index in [0.29, 0.717) is 12.2 Å². The molecule has 3 heteroatoms. The molecule has 0 aromatic heterocycles. The minimum atomic E-state index is -0.118. The number of hydrogen-bond donors (Lipinski definition) is 0. The third-order valence-corrected chi connectivity index (χ3v) is 1.74. The van der Waals surface area contributed by atoms with Crippen LogP contribution in [0.25, 0.3) is 0 Å². The summed E-state index contributed by atoms with van der Waals surface area (Å²) < 4.78 is 0. The van der Waals surface area contributed by atoms with Crippen molar-refractivity contribution < 1.29 is 9.59 Å². The molecule has 0 radical (unpaired) electrons. The second kappa shape index (κ2) is 11.0. The number of allylic oxidation sites excluding steroid dienone is 1. The summed E-state index contributed by atoms with van der Waals surface area (Å²) in [5, 5.41) is 0. The first-order chi connectivity index (χ1) is 7.07. The lowest BCUT2D eigenvalue weighted by atomic mass is 10.1. The Morgan fingerprint density at radius 3 is 2.27 bits per heavy atom. The van der Waals surface area contributed by atoms with Gasteiger partial charge in [0.2, 0.25) is 5.91 Å². The first-order valence-electron chi connectivity index (χ1n) is 5.45. The van der Waals surface area contributed by atoms with Gasteiger partial charge in [-0.05, 0) is 18.4 Å². The second-order valence-corrected chi connectivity index (χ2v) is 3.44. The molecule has 0 unspecified atom stereocenters. The standard InChI is InChI=1S/C10H17NO2.C2H6/c1-9(2)6-7-11(3)10(13)5-4-8-12;1-2/h4-5,8-9H,6-7H2,1-3H3;1-2H3/b5-4-;. The summed E-state index contributed by atoms with van der Waals surface area (Å²) in [6, 6.07) is 0. The summed E-state index contributed by atoms with van der Waals surface area (Å²) in [6.07, 6.45) is 4.09. The quantitative estimate of drug-likeness (QED) is 0.519. The molecule has 0 aliphatic heterocycles. The Labute approximate surface area is 93.2 Å². The van der Waals surface area contributed by atoms with Crippen LogP contribution in [-0.2, 0) is 9.59 Å². The molecule has 0 aliphatic carbocycles. The molecule has 0 rings (SSSR count). The smallest absolute Gasteiger partial charge is 0.246 e. The number of carbonyl (C=O) groups excluding carboxylic acids is 2. The van der Waals surface area contributed by atoms with E-state index in [2.05, 4.69) is 13.8 Å². The molecule has 0 aromatic carbocycles. The van der Waals surface area contributed by atoms with E-state index in [1.165, 1.54) is 12.2 Å². The van der Waals surface area contributed by atoms with Crippen LogP contribution in [0, 0.1) is 5.92 Å². The highest BCUT2D eigenvalue weighted by Crippen LogP contribution is 2.00. The summed E-state index contributed by atoms with van der Waals surface area (Å²) in [6.45, 7) is 8.96. The van der Waals surface area contributed by atoms with Gasteiger partial charge in [0, 0.05) is 19.7 Å². The van der Waals surface area contributed by atoms with Crippen molar-refractivity contribution in [2.75, 3.05) is 13.6 Å². The highest BCUT2D eigenvalue weighted by atomic mass is 16.2. The third kappa shape index (κ3) is 10.8. The van der Waals surface area contributed by atoms with Crippen LogP contribution in [0.3, 0.4) is 0 Å². The lowest BCUT2D eigenvalue weighted by Crippen LogP contribution is -2.26. The summed E-state index contributed by atoms with van der Waals surface area (Å²) >= 11 is 0. The zero-order valence-electron chi connectivity index (χ0n) is 10.5. The number of amides is 1. The van der Waals surface area contributed by atoms with E-state index in [-0.39, 0.29) is 5.91 Å². The monoisotopic (exact) mass is 213 g/mol. The fourth-order valence-corrected chi connectivity index (χ4v) is 0.811. The van der Waals surface area contributed by atoms with E-state index in [4.69, 9.17) is 0 Å². The number of nitrogens with zero attached hydrogens (tertiary/aromatic N) is 1. The van der Waals surface area contributed by atoms with E-state index >= 15 is 0 Å². The van der Waals surface area contributed by atoms with E-state index in [9.17, 15) is 9.59 Å². The fraction of sp³-hybridized carbons (Fsp3) is 0.667. The maximum Gasteiger partial charge on any atom is 0.246 e. The van der Waals surface area contributed by atoms with Gasteiger partial charge in [0.1, 0.15) is 6.29 Å². The van der Waals surface area contributed by atoms with Crippen LogP contribution >= 0.6 is 0 Å². The Morgan fingerprint density at radius 1 is 1.33 bits per heavy atom. The van der Waals surface area contributed by atoms with Crippen LogP contribution in [-0.4, -0.2) is 30.7 Å². The number of likely N-dealkylation sites (N-methyl/N-ethyl adjacent to an activating group) is 1. The van der Waals surface area contributed by atoms with Gasteiger partial charge in [-0.2, -0.15) is 0 Å². The Bertz CT molecular complexity index is 198. The molecular weight excluding hydrogens is 190 g/mol. The van der Waals surface area contributed by atoms with Crippen LogP contribution < -0.4 is 0 Å². The van der Waals surface area contributed by atoms with E-state index in [1.54, 1.807) is 11.9 Å². The van der Waals surface area contributed by atoms with Crippen molar-refractivity contribution in [1.29, 1.82) is 0 Å². The molecule has 0 N–H and O–H groups in total. The molecule has 0 aromatic rings. The van der Waals surface area contributed by atoms with Crippen molar-refractivity contribution in [1.82, 2.24) is 4.90 Å². The van der Waals surface area contributed by atoms with Crippen molar-refractivity contribution in [2.24, 2.45) is 5.92 Å². The van der Waals surface area contributed by atoms with E-state index in [1.807, 2.05) is 13.8 Å². The van der Waals surface area contributed by atoms with Gasteiger partial charge in [0.15, 0.2) is 0 Å². The minimum absolute atomic E-state index is 0.118. The van der Waals surface area contributed by atoms with Crippen LogP contribution in [0.1, 0.15) is 34.1 Å². The highest BCUT2D eigenvalue weighted by molar-refractivity contribution is 5.90. The first kappa shape index (κ1) is 16.3. The number of hydrogen-bond acceptors (Lipinski definition) is 2. The number of aldehydes is 1. The number of rotatable bonds is 5. The molecule has 3 nitrogen and oxygen atoms in total. The zero-order valence-corrected chi connectivity index (χ0v) is 10.5. The maximum atomic E-state index is 11.2. The second-order valence-electron chi connectivity index (χ2n) is 3.44. The molecule has 0 saturated carbocycles. The minimum Gasteiger partial charge on any atom is -0.342 e. The van der Waals surface area contributed by atoms with Gasteiger partial charge >= 0.3 is 0 Å². The Kier molecular flexibility index (Phi) is 11.9. The average Bonchev–Trinajstić information content (AvgIpc) is 2.25. The van der Waals surface area contributed by atoms with E-state index in [0.717, 1.165) is 13.0 Å². The zero-order chi connectivity index (χ0) is 12.3. The predicted molar refractivity (Wildman–Crippen MR) is 63.6 cm³/mol. The Hall–Kier alpha value is -1.12. The molecule has 88 valence electrons. The van der Waals surface area contributed by atoms with Gasteiger partial charge in [-0.25, -0.2) is 0 Å². The van der Waals surface area contributed by atoms with Crippen molar-refractivity contribution in [2.45, 2.75) is 34.1 Å². The molecule has 15 heavy (non-hydrogen) atoms. The SMILES string of the molecule is CC.CC(C)CCN(C)C(=O)/C=C\C=O. The van der Waals surface area contributed by atoms with Crippen molar-refractivity contribution in [3.05, 3.63) is 12.2 Å². The topological polar surface area (TPSA) is 37.4 Å². The molecule has 0 spiro atoms. The van der Waals surface area contributed by atoms with Crippen LogP contribution in [0.2, 0.25) is 0 Å². The normalized spacial score (nSPS) is 9.73. The Morgan fingerprint density at radius 2 is 1.87 bits per heavy atom. The first-order valence-corrected chi connectivity index (χ1v) is 5.45. The summed E-state index contributed by atoms with van der Waals surface area (Å²) in [5.74, 6) is 0.470. The van der Waals surface area contributed by atoms with Gasteiger partial charge in [-0.15, -0.1) is 0 Å². The van der Waals surface area contributed by atoms with E-state index < -0.39 is 0 Å². The molecular formula is C12H23NO2. The molecule has 1 amide bonds. The Balaban J connectivity index is 0. The lowest BCUT2D eigenvalue weighted by Gasteiger charge is -2.15. The maximum absolute atomic E-state index is 11.2. The molecule has 0 aliphatic rings. The van der Waals surface area contributed by atoms with Gasteiger partial charge in [-0.3, -0.25) is 9.59 Å². The molecule has 0 heterocycles. The van der Waals surface area contributed by atoms with Gasteiger partial charge in [-0.1, -0.05) is 27.7 Å². The van der Waals surface area contributed by atoms with Crippen LogP contribution in [0.4, 0.5) is 0 Å². The summed E-state index contributed by atoms with van der Waals surface area (Å²) in [5.41, 5.74) is 0. The molecule has 0 atom stereocenters. The third-order valence-electron chi connectivity index (χ3n) is 1.74.